The molecule has 14 heavy (non-hydrogen) atoms. The number of unbranched alkanes of at least 4 members (excludes halogenated alkanes) is 5. The molecule has 0 heterocycles. The zero-order valence-corrected chi connectivity index (χ0v) is 9.66. The maximum atomic E-state index is 7.17. The van der Waals surface area contributed by atoms with Gasteiger partial charge in [-0.3, -0.25) is 5.41 Å². The van der Waals surface area contributed by atoms with Crippen LogP contribution >= 0.6 is 0 Å². The summed E-state index contributed by atoms with van der Waals surface area (Å²) in [5.41, 5.74) is 0. The zero-order valence-electron chi connectivity index (χ0n) is 9.66. The lowest BCUT2D eigenvalue weighted by atomic mass is 10.1. The summed E-state index contributed by atoms with van der Waals surface area (Å²) < 4.78 is 0. The first-order valence-corrected chi connectivity index (χ1v) is 5.71. The highest BCUT2D eigenvalue weighted by molar-refractivity contribution is 5.75. The molecule has 0 aliphatic rings. The molecule has 0 amide bonds. The van der Waals surface area contributed by atoms with Gasteiger partial charge in [-0.25, -0.2) is 0 Å². The molecule has 3 nitrogen and oxygen atoms in total. The zero-order chi connectivity index (χ0) is 10.6. The van der Waals surface area contributed by atoms with Gasteiger partial charge in [0.25, 0.3) is 0 Å². The molecule has 3 N–H and O–H groups in total. The Kier molecular flexibility index (Phi) is 10.1. The normalized spacial score (nSPS) is 10.1. The predicted molar refractivity (Wildman–Crippen MR) is 63.0 cm³/mol. The lowest BCUT2D eigenvalue weighted by Crippen LogP contribution is -2.20. The van der Waals surface area contributed by atoms with Gasteiger partial charge < -0.3 is 10.6 Å². The summed E-state index contributed by atoms with van der Waals surface area (Å²) in [5, 5.41) is 13.4. The van der Waals surface area contributed by atoms with Crippen LogP contribution in [0.4, 0.5) is 0 Å². The van der Waals surface area contributed by atoms with E-state index in [2.05, 4.69) is 10.6 Å². The van der Waals surface area contributed by atoms with Crippen molar-refractivity contribution in [2.24, 2.45) is 0 Å². The molecule has 84 valence electrons. The van der Waals surface area contributed by atoms with E-state index in [1.165, 1.54) is 38.5 Å². The number of nitrogens with one attached hydrogen (secondary N) is 3. The fourth-order valence-electron chi connectivity index (χ4n) is 1.41. The largest absolute Gasteiger partial charge is 0.374 e. The Labute approximate surface area is 88.2 Å². The molecule has 3 heteroatoms. The third-order valence-electron chi connectivity index (χ3n) is 2.24. The van der Waals surface area contributed by atoms with Gasteiger partial charge in [-0.15, -0.1) is 0 Å². The van der Waals surface area contributed by atoms with E-state index in [0.29, 0.717) is 5.84 Å². The fourth-order valence-corrected chi connectivity index (χ4v) is 1.41. The van der Waals surface area contributed by atoms with E-state index in [4.69, 9.17) is 5.41 Å². The van der Waals surface area contributed by atoms with Gasteiger partial charge >= 0.3 is 0 Å². The van der Waals surface area contributed by atoms with Crippen molar-refractivity contribution in [3.05, 3.63) is 0 Å². The lowest BCUT2D eigenvalue weighted by Gasteiger charge is -2.03. The number of hydrogen-bond acceptors (Lipinski definition) is 2. The van der Waals surface area contributed by atoms with Crippen LogP contribution in [-0.4, -0.2) is 26.0 Å². The predicted octanol–water partition coefficient (Wildman–Crippen LogP) is 2.13. The number of hydrogen-bond donors (Lipinski definition) is 3. The molecule has 0 rings (SSSR count). The molecule has 0 atom stereocenters. The topological polar surface area (TPSA) is 47.9 Å². The van der Waals surface area contributed by atoms with Crippen molar-refractivity contribution in [3.63, 3.8) is 0 Å². The standard InChI is InChI=1S/C11H25N3/c1-11(12)14-10-8-6-4-3-5-7-9-13-2/h13H,3-10H2,1-2H3,(H2,12,14). The Bertz CT molecular complexity index is 134. The molecule has 0 aliphatic carbocycles. The van der Waals surface area contributed by atoms with Crippen molar-refractivity contribution in [1.82, 2.24) is 10.6 Å². The third kappa shape index (κ3) is 11.4. The summed E-state index contributed by atoms with van der Waals surface area (Å²) >= 11 is 0. The minimum atomic E-state index is 0.582. The second kappa shape index (κ2) is 10.5. The van der Waals surface area contributed by atoms with E-state index in [1.54, 1.807) is 6.92 Å². The molecule has 0 spiro atoms. The summed E-state index contributed by atoms with van der Waals surface area (Å²) in [6.45, 7) is 3.90. The first-order valence-electron chi connectivity index (χ1n) is 5.71. The molecule has 0 aliphatic heterocycles. The summed E-state index contributed by atoms with van der Waals surface area (Å²) in [6, 6.07) is 0. The van der Waals surface area contributed by atoms with Crippen molar-refractivity contribution < 1.29 is 0 Å². The quantitative estimate of drug-likeness (QED) is 0.303. The van der Waals surface area contributed by atoms with Crippen molar-refractivity contribution in [1.29, 1.82) is 5.41 Å². The van der Waals surface area contributed by atoms with Crippen LogP contribution in [0.25, 0.3) is 0 Å². The fraction of sp³-hybridized carbons (Fsp3) is 0.909. The highest BCUT2D eigenvalue weighted by atomic mass is 14.9. The van der Waals surface area contributed by atoms with Crippen molar-refractivity contribution in [2.45, 2.75) is 45.4 Å². The molecule has 0 saturated heterocycles. The highest BCUT2D eigenvalue weighted by Gasteiger charge is 1.91. The van der Waals surface area contributed by atoms with Crippen LogP contribution in [-0.2, 0) is 0 Å². The van der Waals surface area contributed by atoms with Crippen LogP contribution in [0.2, 0.25) is 0 Å². The molecule has 0 fully saturated rings. The van der Waals surface area contributed by atoms with Crippen LogP contribution in [0.15, 0.2) is 0 Å². The monoisotopic (exact) mass is 199 g/mol. The summed E-state index contributed by atoms with van der Waals surface area (Å²) in [5.74, 6) is 0.582. The van der Waals surface area contributed by atoms with Gasteiger partial charge in [0.05, 0.1) is 5.84 Å². The highest BCUT2D eigenvalue weighted by Crippen LogP contribution is 2.04. The van der Waals surface area contributed by atoms with E-state index < -0.39 is 0 Å². The molecular formula is C11H25N3. The summed E-state index contributed by atoms with van der Waals surface area (Å²) in [6.07, 6.45) is 7.82. The van der Waals surface area contributed by atoms with Crippen LogP contribution < -0.4 is 10.6 Å². The molecule has 0 unspecified atom stereocenters. The van der Waals surface area contributed by atoms with Crippen molar-refractivity contribution in [2.75, 3.05) is 20.1 Å². The molecule has 0 aromatic rings. The maximum absolute atomic E-state index is 7.17. The maximum Gasteiger partial charge on any atom is 0.0899 e. The van der Waals surface area contributed by atoms with E-state index in [-0.39, 0.29) is 0 Å². The summed E-state index contributed by atoms with van der Waals surface area (Å²) in [7, 11) is 2.01. The van der Waals surface area contributed by atoms with Crippen LogP contribution in [0, 0.1) is 5.41 Å². The smallest absolute Gasteiger partial charge is 0.0899 e. The van der Waals surface area contributed by atoms with Gasteiger partial charge in [0.1, 0.15) is 0 Å². The number of rotatable bonds is 9. The average Bonchev–Trinajstić information content (AvgIpc) is 2.15. The van der Waals surface area contributed by atoms with Gasteiger partial charge in [0.15, 0.2) is 0 Å². The van der Waals surface area contributed by atoms with E-state index in [0.717, 1.165) is 13.1 Å². The Morgan fingerprint density at radius 2 is 1.43 bits per heavy atom. The second-order valence-electron chi connectivity index (χ2n) is 3.78. The van der Waals surface area contributed by atoms with Gasteiger partial charge in [-0.2, -0.15) is 0 Å². The average molecular weight is 199 g/mol. The van der Waals surface area contributed by atoms with Crippen LogP contribution in [0.1, 0.15) is 45.4 Å². The van der Waals surface area contributed by atoms with Crippen molar-refractivity contribution >= 4 is 5.84 Å². The Balaban J connectivity index is 2.88. The first-order chi connectivity index (χ1) is 6.77. The van der Waals surface area contributed by atoms with E-state index in [1.807, 2.05) is 7.05 Å². The van der Waals surface area contributed by atoms with E-state index >= 15 is 0 Å². The van der Waals surface area contributed by atoms with Crippen LogP contribution in [0.3, 0.4) is 0 Å². The molecule has 0 saturated carbocycles. The van der Waals surface area contributed by atoms with Crippen molar-refractivity contribution in [3.8, 4) is 0 Å². The molecular weight excluding hydrogens is 174 g/mol. The molecule has 0 aromatic heterocycles. The van der Waals surface area contributed by atoms with Gasteiger partial charge in [-0.1, -0.05) is 25.7 Å². The SMILES string of the molecule is CNCCCCCCCCNC(C)=N. The minimum Gasteiger partial charge on any atom is -0.374 e. The Morgan fingerprint density at radius 3 is 1.93 bits per heavy atom. The Morgan fingerprint density at radius 1 is 0.929 bits per heavy atom. The van der Waals surface area contributed by atoms with Gasteiger partial charge in [0, 0.05) is 6.54 Å². The van der Waals surface area contributed by atoms with Crippen LogP contribution in [0.5, 0.6) is 0 Å². The lowest BCUT2D eigenvalue weighted by molar-refractivity contribution is 0.578. The molecule has 0 radical (unpaired) electrons. The molecule has 0 bridgehead atoms. The molecule has 0 aromatic carbocycles. The van der Waals surface area contributed by atoms with E-state index in [9.17, 15) is 0 Å². The first kappa shape index (κ1) is 13.4. The Hall–Kier alpha value is -0.570. The minimum absolute atomic E-state index is 0.582. The summed E-state index contributed by atoms with van der Waals surface area (Å²) in [4.78, 5) is 0. The van der Waals surface area contributed by atoms with Gasteiger partial charge in [-0.05, 0) is 33.4 Å². The second-order valence-corrected chi connectivity index (χ2v) is 3.78. The van der Waals surface area contributed by atoms with Gasteiger partial charge in [0.2, 0.25) is 0 Å². The third-order valence-corrected chi connectivity index (χ3v) is 2.24. The number of amidine groups is 1.